The smallest absolute Gasteiger partial charge is 0.222 e. The topological polar surface area (TPSA) is 38.8 Å². The maximum Gasteiger partial charge on any atom is 0.222 e. The van der Waals surface area contributed by atoms with Crippen molar-refractivity contribution in [2.24, 2.45) is 0 Å². The van der Waals surface area contributed by atoms with E-state index >= 15 is 0 Å². The molecule has 1 amide bonds. The molecule has 0 unspecified atom stereocenters. The Kier molecular flexibility index (Phi) is 3.05. The van der Waals surface area contributed by atoms with Gasteiger partial charge in [-0.1, -0.05) is 6.92 Å². The minimum atomic E-state index is 0.251. The summed E-state index contributed by atoms with van der Waals surface area (Å²) >= 11 is 0. The summed E-state index contributed by atoms with van der Waals surface area (Å²) in [4.78, 5) is 14.3. The number of carbonyl (C=O) groups is 1. The molecule has 1 aromatic rings. The van der Waals surface area contributed by atoms with Crippen LogP contribution in [0.3, 0.4) is 0 Å². The number of hydrogen-bond acceptors (Lipinski definition) is 3. The fourth-order valence-corrected chi connectivity index (χ4v) is 3.43. The highest BCUT2D eigenvalue weighted by molar-refractivity contribution is 5.77. The Hall–Kier alpha value is -1.71. The van der Waals surface area contributed by atoms with Gasteiger partial charge in [-0.3, -0.25) is 4.79 Å². The van der Waals surface area contributed by atoms with Gasteiger partial charge in [-0.15, -0.1) is 0 Å². The molecule has 0 radical (unpaired) electrons. The lowest BCUT2D eigenvalue weighted by molar-refractivity contribution is -0.132. The summed E-state index contributed by atoms with van der Waals surface area (Å²) in [6.45, 7) is 4.12. The van der Waals surface area contributed by atoms with Crippen LogP contribution < -0.4 is 9.47 Å². The van der Waals surface area contributed by atoms with E-state index in [1.54, 1.807) is 0 Å². The van der Waals surface area contributed by atoms with Gasteiger partial charge in [-0.2, -0.15) is 0 Å². The number of rotatable bonds is 4. The zero-order valence-electron chi connectivity index (χ0n) is 12.5. The molecular weight excluding hydrogens is 266 g/mol. The third-order valence-electron chi connectivity index (χ3n) is 4.70. The van der Waals surface area contributed by atoms with Crippen LogP contribution in [0, 0.1) is 0 Å². The highest BCUT2D eigenvalue weighted by Crippen LogP contribution is 2.42. The van der Waals surface area contributed by atoms with E-state index in [9.17, 15) is 4.79 Å². The molecule has 1 saturated carbocycles. The molecule has 4 rings (SSSR count). The molecule has 112 valence electrons. The zero-order valence-corrected chi connectivity index (χ0v) is 12.5. The summed E-state index contributed by atoms with van der Waals surface area (Å²) in [6.07, 6.45) is 4.73. The van der Waals surface area contributed by atoms with Crippen molar-refractivity contribution < 1.29 is 14.3 Å². The standard InChI is InChI=1S/C17H21NO3/c1-2-16(19)18(12-3-4-12)10-14-13-6-8-20-15(13)9-11-5-7-21-17(11)14/h9,12H,2-8,10H2,1H3. The Bertz CT molecular complexity index is 560. The molecule has 0 saturated heterocycles. The van der Waals surface area contributed by atoms with Gasteiger partial charge in [-0.25, -0.2) is 0 Å². The Morgan fingerprint density at radius 1 is 1.29 bits per heavy atom. The van der Waals surface area contributed by atoms with Crippen LogP contribution in [0.15, 0.2) is 6.07 Å². The minimum Gasteiger partial charge on any atom is -0.493 e. The van der Waals surface area contributed by atoms with Crippen LogP contribution >= 0.6 is 0 Å². The number of nitrogens with zero attached hydrogens (tertiary/aromatic N) is 1. The van der Waals surface area contributed by atoms with Crippen molar-refractivity contribution in [3.8, 4) is 11.5 Å². The summed E-state index contributed by atoms with van der Waals surface area (Å²) in [6, 6.07) is 2.57. The van der Waals surface area contributed by atoms with Gasteiger partial charge in [0.25, 0.3) is 0 Å². The van der Waals surface area contributed by atoms with Crippen molar-refractivity contribution in [1.29, 1.82) is 0 Å². The van der Waals surface area contributed by atoms with Crippen molar-refractivity contribution in [3.05, 3.63) is 22.8 Å². The molecule has 0 bridgehead atoms. The largest absolute Gasteiger partial charge is 0.493 e. The van der Waals surface area contributed by atoms with Crippen molar-refractivity contribution in [3.63, 3.8) is 0 Å². The summed E-state index contributed by atoms with van der Waals surface area (Å²) in [7, 11) is 0. The molecule has 0 spiro atoms. The van der Waals surface area contributed by atoms with Crippen LogP contribution in [0.5, 0.6) is 11.5 Å². The second-order valence-corrected chi connectivity index (χ2v) is 6.12. The maximum absolute atomic E-state index is 12.3. The Morgan fingerprint density at radius 3 is 2.86 bits per heavy atom. The first-order valence-corrected chi connectivity index (χ1v) is 8.00. The van der Waals surface area contributed by atoms with E-state index in [0.717, 1.165) is 50.4 Å². The predicted molar refractivity (Wildman–Crippen MR) is 78.7 cm³/mol. The molecule has 2 aliphatic heterocycles. The first kappa shape index (κ1) is 13.0. The predicted octanol–water partition coefficient (Wildman–Crippen LogP) is 2.46. The molecule has 0 aromatic heterocycles. The van der Waals surface area contributed by atoms with Crippen molar-refractivity contribution in [2.75, 3.05) is 13.2 Å². The van der Waals surface area contributed by atoms with E-state index in [2.05, 4.69) is 11.0 Å². The fraction of sp³-hybridized carbons (Fsp3) is 0.588. The number of carbonyl (C=O) groups excluding carboxylic acids is 1. The molecule has 4 heteroatoms. The van der Waals surface area contributed by atoms with E-state index in [1.165, 1.54) is 16.7 Å². The van der Waals surface area contributed by atoms with Gasteiger partial charge in [-0.05, 0) is 18.9 Å². The van der Waals surface area contributed by atoms with Gasteiger partial charge in [0.2, 0.25) is 5.91 Å². The van der Waals surface area contributed by atoms with Gasteiger partial charge in [0, 0.05) is 48.5 Å². The first-order chi connectivity index (χ1) is 10.3. The summed E-state index contributed by atoms with van der Waals surface area (Å²) in [5, 5.41) is 0. The Morgan fingerprint density at radius 2 is 2.10 bits per heavy atom. The van der Waals surface area contributed by atoms with Crippen LogP contribution in [0.25, 0.3) is 0 Å². The molecule has 1 aliphatic carbocycles. The van der Waals surface area contributed by atoms with E-state index in [0.29, 0.717) is 19.0 Å². The summed E-state index contributed by atoms with van der Waals surface area (Å²) in [5.41, 5.74) is 3.70. The molecular formula is C17H21NO3. The lowest BCUT2D eigenvalue weighted by Crippen LogP contribution is -2.32. The van der Waals surface area contributed by atoms with Gasteiger partial charge in [0.05, 0.1) is 13.2 Å². The molecule has 4 nitrogen and oxygen atoms in total. The SMILES string of the molecule is CCC(=O)N(Cc1c2c(cc3c1OCC3)OCC2)C1CC1. The quantitative estimate of drug-likeness (QED) is 0.854. The fourth-order valence-electron chi connectivity index (χ4n) is 3.43. The van der Waals surface area contributed by atoms with E-state index in [4.69, 9.17) is 9.47 Å². The number of benzene rings is 1. The highest BCUT2D eigenvalue weighted by Gasteiger charge is 2.35. The van der Waals surface area contributed by atoms with Crippen molar-refractivity contribution in [1.82, 2.24) is 4.90 Å². The second kappa shape index (κ2) is 4.93. The van der Waals surface area contributed by atoms with Crippen LogP contribution in [0.1, 0.15) is 42.9 Å². The number of ether oxygens (including phenoxy) is 2. The second-order valence-electron chi connectivity index (χ2n) is 6.12. The highest BCUT2D eigenvalue weighted by atomic mass is 16.5. The van der Waals surface area contributed by atoms with Crippen LogP contribution in [-0.4, -0.2) is 30.1 Å². The zero-order chi connectivity index (χ0) is 14.4. The van der Waals surface area contributed by atoms with Crippen LogP contribution in [0.2, 0.25) is 0 Å². The molecule has 3 aliphatic rings. The molecule has 2 heterocycles. The average Bonchev–Trinajstić information content (AvgIpc) is 3.03. The van der Waals surface area contributed by atoms with Gasteiger partial charge < -0.3 is 14.4 Å². The van der Waals surface area contributed by atoms with Gasteiger partial charge in [0.15, 0.2) is 0 Å². The minimum absolute atomic E-state index is 0.251. The number of amides is 1. The van der Waals surface area contributed by atoms with Crippen LogP contribution in [-0.2, 0) is 24.2 Å². The Labute approximate surface area is 125 Å². The molecule has 1 aromatic carbocycles. The van der Waals surface area contributed by atoms with Crippen molar-refractivity contribution in [2.45, 2.75) is 51.6 Å². The summed E-state index contributed by atoms with van der Waals surface area (Å²) in [5.74, 6) is 2.28. The van der Waals surface area contributed by atoms with Crippen LogP contribution in [0.4, 0.5) is 0 Å². The number of fused-ring (bicyclic) bond motifs is 2. The number of hydrogen-bond donors (Lipinski definition) is 0. The average molecular weight is 287 g/mol. The van der Waals surface area contributed by atoms with E-state index in [1.807, 2.05) is 6.92 Å². The Balaban J connectivity index is 1.72. The normalized spacial score (nSPS) is 18.7. The van der Waals surface area contributed by atoms with E-state index < -0.39 is 0 Å². The van der Waals surface area contributed by atoms with Gasteiger partial charge in [0.1, 0.15) is 11.5 Å². The summed E-state index contributed by atoms with van der Waals surface area (Å²) < 4.78 is 11.6. The monoisotopic (exact) mass is 287 g/mol. The van der Waals surface area contributed by atoms with E-state index in [-0.39, 0.29) is 5.91 Å². The lowest BCUT2D eigenvalue weighted by atomic mass is 9.99. The molecule has 0 atom stereocenters. The lowest BCUT2D eigenvalue weighted by Gasteiger charge is -2.24. The molecule has 1 fully saturated rings. The van der Waals surface area contributed by atoms with Gasteiger partial charge >= 0.3 is 0 Å². The molecule has 21 heavy (non-hydrogen) atoms. The van der Waals surface area contributed by atoms with Crippen molar-refractivity contribution >= 4 is 5.91 Å². The third-order valence-corrected chi connectivity index (χ3v) is 4.70. The molecule has 0 N–H and O–H groups in total. The third kappa shape index (κ3) is 2.17. The maximum atomic E-state index is 12.3. The first-order valence-electron chi connectivity index (χ1n) is 8.00.